The van der Waals surface area contributed by atoms with E-state index in [0.29, 0.717) is 23.9 Å². The quantitative estimate of drug-likeness (QED) is 0.856. The molecule has 1 aromatic rings. The molecule has 1 aliphatic rings. The number of aliphatic carboxylic acids is 1. The van der Waals surface area contributed by atoms with Gasteiger partial charge < -0.3 is 15.2 Å². The molecule has 0 aliphatic carbocycles. The van der Waals surface area contributed by atoms with E-state index in [9.17, 15) is 9.59 Å². The summed E-state index contributed by atoms with van der Waals surface area (Å²) >= 11 is 1.23. The van der Waals surface area contributed by atoms with Crippen molar-refractivity contribution in [3.63, 3.8) is 0 Å². The van der Waals surface area contributed by atoms with Gasteiger partial charge in [-0.2, -0.15) is 0 Å². The minimum absolute atomic E-state index is 0.111. The van der Waals surface area contributed by atoms with Crippen LogP contribution in [0.15, 0.2) is 5.38 Å². The maximum Gasteiger partial charge on any atom is 0.309 e. The fourth-order valence-corrected chi connectivity index (χ4v) is 2.52. The number of thiazole rings is 1. The second kappa shape index (κ2) is 5.45. The minimum atomic E-state index is -0.934. The third-order valence-electron chi connectivity index (χ3n) is 2.68. The average molecular weight is 270 g/mol. The van der Waals surface area contributed by atoms with E-state index in [1.54, 1.807) is 5.38 Å². The van der Waals surface area contributed by atoms with E-state index in [4.69, 9.17) is 9.84 Å². The zero-order valence-electron chi connectivity index (χ0n) is 9.88. The van der Waals surface area contributed by atoms with Gasteiger partial charge in [0.05, 0.1) is 30.7 Å². The molecule has 1 fully saturated rings. The molecule has 2 N–H and O–H groups in total. The SMILES string of the molecule is CC1CC(C(=O)Nc2nc(CC(=O)O)cs2)CO1. The van der Waals surface area contributed by atoms with Crippen molar-refractivity contribution in [2.75, 3.05) is 11.9 Å². The first kappa shape index (κ1) is 13.0. The van der Waals surface area contributed by atoms with E-state index in [-0.39, 0.29) is 24.3 Å². The Morgan fingerprint density at radius 1 is 1.67 bits per heavy atom. The predicted octanol–water partition coefficient (Wildman–Crippen LogP) is 1.13. The van der Waals surface area contributed by atoms with Gasteiger partial charge in [-0.1, -0.05) is 0 Å². The van der Waals surface area contributed by atoms with Crippen molar-refractivity contribution in [3.05, 3.63) is 11.1 Å². The number of rotatable bonds is 4. The Kier molecular flexibility index (Phi) is 3.93. The largest absolute Gasteiger partial charge is 0.481 e. The lowest BCUT2D eigenvalue weighted by atomic mass is 10.1. The number of aromatic nitrogens is 1. The fourth-order valence-electron chi connectivity index (χ4n) is 1.81. The Morgan fingerprint density at radius 3 is 3.06 bits per heavy atom. The molecule has 0 radical (unpaired) electrons. The van der Waals surface area contributed by atoms with Crippen molar-refractivity contribution in [2.24, 2.45) is 5.92 Å². The summed E-state index contributed by atoms with van der Waals surface area (Å²) in [5, 5.41) is 13.4. The third-order valence-corrected chi connectivity index (χ3v) is 3.49. The van der Waals surface area contributed by atoms with Crippen LogP contribution in [0, 0.1) is 5.92 Å². The van der Waals surface area contributed by atoms with Crippen LogP contribution in [0.1, 0.15) is 19.0 Å². The van der Waals surface area contributed by atoms with Crippen LogP contribution in [0.2, 0.25) is 0 Å². The number of hydrogen-bond acceptors (Lipinski definition) is 5. The van der Waals surface area contributed by atoms with Gasteiger partial charge in [0.2, 0.25) is 5.91 Å². The number of carboxylic acids is 1. The van der Waals surface area contributed by atoms with Crippen molar-refractivity contribution < 1.29 is 19.4 Å². The summed E-state index contributed by atoms with van der Waals surface area (Å²) in [7, 11) is 0. The van der Waals surface area contributed by atoms with Crippen molar-refractivity contribution in [1.82, 2.24) is 4.98 Å². The molecule has 2 rings (SSSR count). The van der Waals surface area contributed by atoms with Crippen LogP contribution in [0.4, 0.5) is 5.13 Å². The zero-order valence-corrected chi connectivity index (χ0v) is 10.7. The van der Waals surface area contributed by atoms with E-state index in [0.717, 1.165) is 0 Å². The average Bonchev–Trinajstić information content (AvgIpc) is 2.87. The van der Waals surface area contributed by atoms with Gasteiger partial charge in [-0.05, 0) is 13.3 Å². The first-order valence-electron chi connectivity index (χ1n) is 5.63. The molecule has 18 heavy (non-hydrogen) atoms. The molecule has 1 aromatic heterocycles. The van der Waals surface area contributed by atoms with Crippen LogP contribution in [-0.2, 0) is 20.7 Å². The molecule has 2 atom stereocenters. The summed E-state index contributed by atoms with van der Waals surface area (Å²) in [5.41, 5.74) is 0.457. The first-order chi connectivity index (χ1) is 8.54. The lowest BCUT2D eigenvalue weighted by molar-refractivity contribution is -0.136. The molecular weight excluding hydrogens is 256 g/mol. The summed E-state index contributed by atoms with van der Waals surface area (Å²) in [6.07, 6.45) is 0.689. The number of nitrogens with one attached hydrogen (secondary N) is 1. The molecule has 0 bridgehead atoms. The highest BCUT2D eigenvalue weighted by molar-refractivity contribution is 7.13. The van der Waals surface area contributed by atoms with Crippen LogP contribution >= 0.6 is 11.3 Å². The smallest absolute Gasteiger partial charge is 0.309 e. The van der Waals surface area contributed by atoms with Crippen LogP contribution in [-0.4, -0.2) is 34.7 Å². The van der Waals surface area contributed by atoms with E-state index in [1.165, 1.54) is 11.3 Å². The first-order valence-corrected chi connectivity index (χ1v) is 6.51. The van der Waals surface area contributed by atoms with Crippen molar-refractivity contribution in [3.8, 4) is 0 Å². The second-order valence-electron chi connectivity index (χ2n) is 4.28. The molecule has 0 spiro atoms. The molecule has 1 aliphatic heterocycles. The minimum Gasteiger partial charge on any atom is -0.481 e. The third kappa shape index (κ3) is 3.27. The highest BCUT2D eigenvalue weighted by atomic mass is 32.1. The Hall–Kier alpha value is -1.47. The molecule has 98 valence electrons. The summed E-state index contributed by atoms with van der Waals surface area (Å²) < 4.78 is 5.33. The number of carbonyl (C=O) groups is 2. The fraction of sp³-hybridized carbons (Fsp3) is 0.545. The van der Waals surface area contributed by atoms with Gasteiger partial charge >= 0.3 is 5.97 Å². The van der Waals surface area contributed by atoms with E-state index in [1.807, 2.05) is 6.92 Å². The number of carboxylic acid groups (broad SMARTS) is 1. The number of nitrogens with zero attached hydrogens (tertiary/aromatic N) is 1. The summed E-state index contributed by atoms with van der Waals surface area (Å²) in [4.78, 5) is 26.4. The van der Waals surface area contributed by atoms with Gasteiger partial charge in [0.1, 0.15) is 0 Å². The summed E-state index contributed by atoms with van der Waals surface area (Å²) in [5.74, 6) is -1.20. The molecule has 7 heteroatoms. The molecule has 0 aromatic carbocycles. The van der Waals surface area contributed by atoms with Gasteiger partial charge in [-0.25, -0.2) is 4.98 Å². The lowest BCUT2D eigenvalue weighted by Crippen LogP contribution is -2.23. The molecule has 1 saturated heterocycles. The van der Waals surface area contributed by atoms with Crippen LogP contribution in [0.3, 0.4) is 0 Å². The van der Waals surface area contributed by atoms with Crippen molar-refractivity contribution >= 4 is 28.3 Å². The van der Waals surface area contributed by atoms with Gasteiger partial charge in [-0.15, -0.1) is 11.3 Å². The zero-order chi connectivity index (χ0) is 13.1. The van der Waals surface area contributed by atoms with Gasteiger partial charge in [0.15, 0.2) is 5.13 Å². The lowest BCUT2D eigenvalue weighted by Gasteiger charge is -2.06. The topological polar surface area (TPSA) is 88.5 Å². The Labute approximate surface area is 108 Å². The van der Waals surface area contributed by atoms with Crippen LogP contribution in [0.25, 0.3) is 0 Å². The summed E-state index contributed by atoms with van der Waals surface area (Å²) in [6.45, 7) is 2.36. The van der Waals surface area contributed by atoms with Crippen LogP contribution < -0.4 is 5.32 Å². The normalized spacial score (nSPS) is 22.9. The number of hydrogen-bond donors (Lipinski definition) is 2. The Bertz CT molecular complexity index is 460. The maximum absolute atomic E-state index is 11.9. The Balaban J connectivity index is 1.91. The molecule has 2 heterocycles. The monoisotopic (exact) mass is 270 g/mol. The van der Waals surface area contributed by atoms with Gasteiger partial charge in [-0.3, -0.25) is 9.59 Å². The highest BCUT2D eigenvalue weighted by Gasteiger charge is 2.28. The van der Waals surface area contributed by atoms with Gasteiger partial charge in [0.25, 0.3) is 0 Å². The molecular formula is C11H14N2O4S. The predicted molar refractivity (Wildman–Crippen MR) is 65.6 cm³/mol. The van der Waals surface area contributed by atoms with Crippen molar-refractivity contribution in [1.29, 1.82) is 0 Å². The number of carbonyl (C=O) groups excluding carboxylic acids is 1. The van der Waals surface area contributed by atoms with Gasteiger partial charge in [0, 0.05) is 5.38 Å². The molecule has 2 unspecified atom stereocenters. The molecule has 6 nitrogen and oxygen atoms in total. The molecule has 1 amide bonds. The Morgan fingerprint density at radius 2 is 2.44 bits per heavy atom. The van der Waals surface area contributed by atoms with E-state index < -0.39 is 5.97 Å². The van der Waals surface area contributed by atoms with E-state index in [2.05, 4.69) is 10.3 Å². The van der Waals surface area contributed by atoms with Crippen molar-refractivity contribution in [2.45, 2.75) is 25.9 Å². The standard InChI is InChI=1S/C11H14N2O4S/c1-6-2-7(4-17-6)10(16)13-11-12-8(5-18-11)3-9(14)15/h5-7H,2-4H2,1H3,(H,14,15)(H,12,13,16). The second-order valence-corrected chi connectivity index (χ2v) is 5.14. The van der Waals surface area contributed by atoms with Crippen LogP contribution in [0.5, 0.6) is 0 Å². The molecule has 0 saturated carbocycles. The summed E-state index contributed by atoms with van der Waals surface area (Å²) in [6, 6.07) is 0. The maximum atomic E-state index is 11.9. The van der Waals surface area contributed by atoms with E-state index >= 15 is 0 Å². The number of ether oxygens (including phenoxy) is 1. The highest BCUT2D eigenvalue weighted by Crippen LogP contribution is 2.22. The number of amides is 1. The number of anilines is 1.